The fourth-order valence-electron chi connectivity index (χ4n) is 1.22. The molecule has 6 heteroatoms. The summed E-state index contributed by atoms with van der Waals surface area (Å²) in [6.07, 6.45) is 0. The summed E-state index contributed by atoms with van der Waals surface area (Å²) in [7, 11) is 2.90. The maximum Gasteiger partial charge on any atom is 0.338 e. The highest BCUT2D eigenvalue weighted by atomic mass is 16.5. The minimum Gasteiger partial charge on any atom is -0.467 e. The zero-order valence-corrected chi connectivity index (χ0v) is 11.1. The van der Waals surface area contributed by atoms with Gasteiger partial charge in [-0.15, -0.1) is 0 Å². The van der Waals surface area contributed by atoms with Crippen molar-refractivity contribution in [1.29, 1.82) is 0 Å². The Morgan fingerprint density at radius 1 is 1.53 bits per heavy atom. The molecule has 0 aromatic rings. The van der Waals surface area contributed by atoms with Crippen LogP contribution in [0.25, 0.3) is 0 Å². The van der Waals surface area contributed by atoms with Gasteiger partial charge in [0, 0.05) is 20.1 Å². The molecule has 0 spiro atoms. The third-order valence-electron chi connectivity index (χ3n) is 2.60. The first kappa shape index (κ1) is 15.9. The quantitative estimate of drug-likeness (QED) is 0.610. The lowest BCUT2D eigenvalue weighted by molar-refractivity contribution is -0.160. The van der Waals surface area contributed by atoms with E-state index in [-0.39, 0.29) is 12.5 Å². The molecule has 2 N–H and O–H groups in total. The molecule has 0 aromatic heterocycles. The van der Waals surface area contributed by atoms with Crippen molar-refractivity contribution in [3.63, 3.8) is 0 Å². The number of nitrogens with zero attached hydrogens (tertiary/aromatic N) is 1. The van der Waals surface area contributed by atoms with Crippen LogP contribution in [0.5, 0.6) is 0 Å². The number of carbonyl (C=O) groups excluding carboxylic acids is 2. The summed E-state index contributed by atoms with van der Waals surface area (Å²) in [4.78, 5) is 24.5. The highest BCUT2D eigenvalue weighted by Crippen LogP contribution is 2.04. The number of ether oxygens (including phenoxy) is 1. The Morgan fingerprint density at radius 3 is 2.47 bits per heavy atom. The van der Waals surface area contributed by atoms with E-state index < -0.39 is 17.6 Å². The molecule has 0 aliphatic carbocycles. The van der Waals surface area contributed by atoms with Crippen molar-refractivity contribution in [2.75, 3.05) is 27.2 Å². The van der Waals surface area contributed by atoms with Crippen LogP contribution in [-0.4, -0.2) is 60.8 Å². The van der Waals surface area contributed by atoms with Gasteiger partial charge in [-0.05, 0) is 20.8 Å². The standard InChI is InChI=1S/C11H22N2O4/c1-6-13(4)9(14)8(2)12-7-11(3,16)10(15)17-5/h8,12,16H,6-7H2,1-5H3. The Balaban J connectivity index is 4.29. The molecule has 17 heavy (non-hydrogen) atoms. The Kier molecular flexibility index (Phi) is 6.12. The number of esters is 1. The summed E-state index contributed by atoms with van der Waals surface area (Å²) < 4.78 is 4.45. The van der Waals surface area contributed by atoms with Crippen LogP contribution in [0, 0.1) is 0 Å². The normalized spacial score (nSPS) is 15.9. The molecular weight excluding hydrogens is 224 g/mol. The molecule has 0 radical (unpaired) electrons. The fourth-order valence-corrected chi connectivity index (χ4v) is 1.22. The molecule has 1 amide bonds. The summed E-state index contributed by atoms with van der Waals surface area (Å²) in [5, 5.41) is 12.6. The first-order chi connectivity index (χ1) is 7.76. The van der Waals surface area contributed by atoms with Gasteiger partial charge in [0.25, 0.3) is 0 Å². The molecule has 0 aliphatic heterocycles. The Hall–Kier alpha value is -1.14. The zero-order valence-electron chi connectivity index (χ0n) is 11.1. The van der Waals surface area contributed by atoms with E-state index in [1.54, 1.807) is 18.9 Å². The second-order valence-corrected chi connectivity index (χ2v) is 4.22. The molecule has 0 heterocycles. The zero-order chi connectivity index (χ0) is 13.6. The average molecular weight is 246 g/mol. The van der Waals surface area contributed by atoms with Gasteiger partial charge >= 0.3 is 5.97 Å². The van der Waals surface area contributed by atoms with E-state index in [0.29, 0.717) is 6.54 Å². The van der Waals surface area contributed by atoms with Gasteiger partial charge in [-0.2, -0.15) is 0 Å². The number of hydrogen-bond acceptors (Lipinski definition) is 5. The van der Waals surface area contributed by atoms with Gasteiger partial charge in [0.1, 0.15) is 0 Å². The Morgan fingerprint density at radius 2 is 2.06 bits per heavy atom. The summed E-state index contributed by atoms with van der Waals surface area (Å²) in [5.41, 5.74) is -1.63. The molecule has 2 unspecified atom stereocenters. The number of methoxy groups -OCH3 is 1. The van der Waals surface area contributed by atoms with Crippen molar-refractivity contribution in [3.05, 3.63) is 0 Å². The van der Waals surface area contributed by atoms with Crippen molar-refractivity contribution < 1.29 is 19.4 Å². The van der Waals surface area contributed by atoms with Crippen LogP contribution < -0.4 is 5.32 Å². The van der Waals surface area contributed by atoms with Gasteiger partial charge in [0.2, 0.25) is 5.91 Å². The second kappa shape index (κ2) is 6.56. The molecule has 100 valence electrons. The largest absolute Gasteiger partial charge is 0.467 e. The van der Waals surface area contributed by atoms with Gasteiger partial charge in [-0.3, -0.25) is 4.79 Å². The minimum absolute atomic E-state index is 0.0376. The Labute approximate surface area is 102 Å². The molecular formula is C11H22N2O4. The van der Waals surface area contributed by atoms with E-state index in [9.17, 15) is 14.7 Å². The molecule has 0 aliphatic rings. The predicted octanol–water partition coefficient (Wildman–Crippen LogP) is -0.633. The molecule has 2 atom stereocenters. The van der Waals surface area contributed by atoms with Crippen LogP contribution in [0.4, 0.5) is 0 Å². The first-order valence-corrected chi connectivity index (χ1v) is 5.55. The van der Waals surface area contributed by atoms with E-state index in [4.69, 9.17) is 0 Å². The maximum atomic E-state index is 11.7. The van der Waals surface area contributed by atoms with Gasteiger partial charge in [-0.1, -0.05) is 0 Å². The van der Waals surface area contributed by atoms with Crippen LogP contribution in [0.15, 0.2) is 0 Å². The molecule has 6 nitrogen and oxygen atoms in total. The predicted molar refractivity (Wildman–Crippen MR) is 63.4 cm³/mol. The fraction of sp³-hybridized carbons (Fsp3) is 0.818. The molecule has 0 saturated heterocycles. The number of amides is 1. The number of nitrogens with one attached hydrogen (secondary N) is 1. The number of aliphatic hydroxyl groups is 1. The summed E-state index contributed by atoms with van der Waals surface area (Å²) in [6, 6.07) is -0.462. The van der Waals surface area contributed by atoms with Gasteiger partial charge in [0.05, 0.1) is 13.2 Å². The molecule has 0 aromatic carbocycles. The van der Waals surface area contributed by atoms with Gasteiger partial charge < -0.3 is 20.1 Å². The van der Waals surface area contributed by atoms with Gasteiger partial charge in [0.15, 0.2) is 5.60 Å². The first-order valence-electron chi connectivity index (χ1n) is 5.55. The van der Waals surface area contributed by atoms with E-state index in [0.717, 1.165) is 0 Å². The SMILES string of the molecule is CCN(C)C(=O)C(C)NCC(C)(O)C(=O)OC. The lowest BCUT2D eigenvalue weighted by Gasteiger charge is -2.25. The van der Waals surface area contributed by atoms with Crippen LogP contribution in [0.1, 0.15) is 20.8 Å². The maximum absolute atomic E-state index is 11.7. The van der Waals surface area contributed by atoms with E-state index >= 15 is 0 Å². The summed E-state index contributed by atoms with van der Waals surface area (Å²) >= 11 is 0. The topological polar surface area (TPSA) is 78.9 Å². The lowest BCUT2D eigenvalue weighted by Crippen LogP contribution is -2.51. The lowest BCUT2D eigenvalue weighted by atomic mass is 10.1. The van der Waals surface area contributed by atoms with E-state index in [1.807, 2.05) is 6.92 Å². The molecule has 0 fully saturated rings. The van der Waals surface area contributed by atoms with Crippen LogP contribution >= 0.6 is 0 Å². The number of carbonyl (C=O) groups is 2. The number of likely N-dealkylation sites (N-methyl/N-ethyl adjacent to an activating group) is 1. The third kappa shape index (κ3) is 4.70. The average Bonchev–Trinajstić information content (AvgIpc) is 2.32. The van der Waals surface area contributed by atoms with Crippen LogP contribution in [0.2, 0.25) is 0 Å². The highest BCUT2D eigenvalue weighted by molar-refractivity contribution is 5.82. The van der Waals surface area contributed by atoms with Crippen molar-refractivity contribution >= 4 is 11.9 Å². The highest BCUT2D eigenvalue weighted by Gasteiger charge is 2.32. The molecule has 0 saturated carbocycles. The number of rotatable bonds is 6. The number of hydrogen-bond donors (Lipinski definition) is 2. The second-order valence-electron chi connectivity index (χ2n) is 4.22. The molecule has 0 rings (SSSR count). The minimum atomic E-state index is -1.63. The Bertz CT molecular complexity index is 279. The van der Waals surface area contributed by atoms with Crippen LogP contribution in [0.3, 0.4) is 0 Å². The van der Waals surface area contributed by atoms with E-state index in [1.165, 1.54) is 14.0 Å². The van der Waals surface area contributed by atoms with E-state index in [2.05, 4.69) is 10.1 Å². The monoisotopic (exact) mass is 246 g/mol. The third-order valence-corrected chi connectivity index (χ3v) is 2.60. The van der Waals surface area contributed by atoms with Crippen molar-refractivity contribution in [1.82, 2.24) is 10.2 Å². The van der Waals surface area contributed by atoms with Crippen LogP contribution in [-0.2, 0) is 14.3 Å². The summed E-state index contributed by atoms with van der Waals surface area (Å²) in [5.74, 6) is -0.818. The molecule has 0 bridgehead atoms. The smallest absolute Gasteiger partial charge is 0.338 e. The van der Waals surface area contributed by atoms with Crippen molar-refractivity contribution in [3.8, 4) is 0 Å². The van der Waals surface area contributed by atoms with Gasteiger partial charge in [-0.25, -0.2) is 4.79 Å². The van der Waals surface area contributed by atoms with Crippen molar-refractivity contribution in [2.24, 2.45) is 0 Å². The summed E-state index contributed by atoms with van der Waals surface area (Å²) in [6.45, 7) is 5.46. The van der Waals surface area contributed by atoms with Crippen molar-refractivity contribution in [2.45, 2.75) is 32.4 Å².